The van der Waals surface area contributed by atoms with Crippen molar-refractivity contribution in [3.8, 4) is 0 Å². The average molecular weight is 437 g/mol. The molecule has 7 heteroatoms. The number of carbonyl (C=O) groups is 4. The smallest absolute Gasteiger partial charge is 0.338 e. The van der Waals surface area contributed by atoms with Crippen LogP contribution in [0.2, 0.25) is 0 Å². The van der Waals surface area contributed by atoms with Gasteiger partial charge in [-0.25, -0.2) is 4.79 Å². The van der Waals surface area contributed by atoms with Crippen LogP contribution < -0.4 is 5.32 Å². The number of aryl methyl sites for hydroxylation is 2. The van der Waals surface area contributed by atoms with Crippen LogP contribution in [0.4, 0.5) is 5.69 Å². The monoisotopic (exact) mass is 436 g/mol. The standard InChI is InChI=1S/C25H28N2O5/c1-5-15(4)27-23(29)19-12-11-18(13-20(19)24(27)30)25(31)32-14-21(28)26-22-16(6-2)9-8-10-17(22)7-3/h8-13,15H,5-7,14H2,1-4H3,(H,26,28). The molecule has 1 heterocycles. The van der Waals surface area contributed by atoms with Gasteiger partial charge in [0.25, 0.3) is 17.7 Å². The molecule has 0 saturated heterocycles. The van der Waals surface area contributed by atoms with Crippen LogP contribution in [0.5, 0.6) is 0 Å². The van der Waals surface area contributed by atoms with Gasteiger partial charge in [-0.1, -0.05) is 39.0 Å². The van der Waals surface area contributed by atoms with E-state index in [4.69, 9.17) is 4.74 Å². The SMILES string of the molecule is CCc1cccc(CC)c1NC(=O)COC(=O)c1ccc2c(c1)C(=O)N(C(C)CC)C2=O. The predicted molar refractivity (Wildman–Crippen MR) is 121 cm³/mol. The second kappa shape index (κ2) is 9.77. The lowest BCUT2D eigenvalue weighted by Gasteiger charge is -2.20. The summed E-state index contributed by atoms with van der Waals surface area (Å²) >= 11 is 0. The summed E-state index contributed by atoms with van der Waals surface area (Å²) in [7, 11) is 0. The second-order valence-corrected chi connectivity index (χ2v) is 7.78. The Morgan fingerprint density at radius 1 is 0.969 bits per heavy atom. The third-order valence-corrected chi connectivity index (χ3v) is 5.78. The van der Waals surface area contributed by atoms with Crippen molar-refractivity contribution < 1.29 is 23.9 Å². The van der Waals surface area contributed by atoms with E-state index in [-0.39, 0.29) is 28.6 Å². The van der Waals surface area contributed by atoms with E-state index in [1.807, 2.05) is 39.0 Å². The van der Waals surface area contributed by atoms with Crippen molar-refractivity contribution in [1.29, 1.82) is 0 Å². The average Bonchev–Trinajstić information content (AvgIpc) is 3.06. The third kappa shape index (κ3) is 4.42. The fourth-order valence-corrected chi connectivity index (χ4v) is 3.76. The lowest BCUT2D eigenvalue weighted by Crippen LogP contribution is -2.37. The molecule has 0 fully saturated rings. The Morgan fingerprint density at radius 2 is 1.59 bits per heavy atom. The molecule has 0 spiro atoms. The maximum atomic E-state index is 12.7. The van der Waals surface area contributed by atoms with Crippen LogP contribution in [0.25, 0.3) is 0 Å². The largest absolute Gasteiger partial charge is 0.452 e. The Labute approximate surface area is 187 Å². The molecular weight excluding hydrogens is 408 g/mol. The highest BCUT2D eigenvalue weighted by Crippen LogP contribution is 2.27. The molecule has 1 N–H and O–H groups in total. The molecule has 7 nitrogen and oxygen atoms in total. The molecule has 1 aliphatic rings. The Bertz CT molecular complexity index is 1050. The summed E-state index contributed by atoms with van der Waals surface area (Å²) < 4.78 is 5.17. The van der Waals surface area contributed by atoms with E-state index in [0.29, 0.717) is 6.42 Å². The van der Waals surface area contributed by atoms with Gasteiger partial charge in [-0.2, -0.15) is 0 Å². The van der Waals surface area contributed by atoms with Gasteiger partial charge in [-0.15, -0.1) is 0 Å². The second-order valence-electron chi connectivity index (χ2n) is 7.78. The van der Waals surface area contributed by atoms with E-state index in [9.17, 15) is 19.2 Å². The van der Waals surface area contributed by atoms with Crippen LogP contribution in [0, 0.1) is 0 Å². The molecule has 1 unspecified atom stereocenters. The number of benzene rings is 2. The molecule has 0 saturated carbocycles. The predicted octanol–water partition coefficient (Wildman–Crippen LogP) is 4.00. The van der Waals surface area contributed by atoms with Crippen LogP contribution in [0.3, 0.4) is 0 Å². The fraction of sp³-hybridized carbons (Fsp3) is 0.360. The minimum atomic E-state index is -0.732. The van der Waals surface area contributed by atoms with Gasteiger partial charge in [0.15, 0.2) is 6.61 Å². The number of carbonyl (C=O) groups excluding carboxylic acids is 4. The summed E-state index contributed by atoms with van der Waals surface area (Å²) in [4.78, 5) is 51.3. The maximum Gasteiger partial charge on any atom is 0.338 e. The number of fused-ring (bicyclic) bond motifs is 1. The van der Waals surface area contributed by atoms with E-state index >= 15 is 0 Å². The van der Waals surface area contributed by atoms with E-state index in [0.717, 1.165) is 29.7 Å². The number of amides is 3. The highest BCUT2D eigenvalue weighted by Gasteiger charge is 2.38. The van der Waals surface area contributed by atoms with Crippen LogP contribution in [0.15, 0.2) is 36.4 Å². The fourth-order valence-electron chi connectivity index (χ4n) is 3.76. The van der Waals surface area contributed by atoms with Crippen molar-refractivity contribution >= 4 is 29.4 Å². The van der Waals surface area contributed by atoms with Crippen molar-refractivity contribution in [2.24, 2.45) is 0 Å². The van der Waals surface area contributed by atoms with Crippen molar-refractivity contribution in [3.05, 3.63) is 64.2 Å². The Kier molecular flexibility index (Phi) is 7.08. The molecule has 2 aromatic rings. The topological polar surface area (TPSA) is 92.8 Å². The quantitative estimate of drug-likeness (QED) is 0.499. The molecule has 1 atom stereocenters. The summed E-state index contributed by atoms with van der Waals surface area (Å²) in [5.41, 5.74) is 3.34. The van der Waals surface area contributed by atoms with Gasteiger partial charge in [0.1, 0.15) is 0 Å². The number of anilines is 1. The number of rotatable bonds is 8. The van der Waals surface area contributed by atoms with Gasteiger partial charge in [0, 0.05) is 11.7 Å². The van der Waals surface area contributed by atoms with E-state index < -0.39 is 24.4 Å². The number of ether oxygens (including phenoxy) is 1. The van der Waals surface area contributed by atoms with Crippen LogP contribution in [-0.2, 0) is 22.4 Å². The number of nitrogens with zero attached hydrogens (tertiary/aromatic N) is 1. The highest BCUT2D eigenvalue weighted by molar-refractivity contribution is 6.22. The molecule has 2 aromatic carbocycles. The van der Waals surface area contributed by atoms with Gasteiger partial charge < -0.3 is 10.1 Å². The number of esters is 1. The Balaban J connectivity index is 1.69. The van der Waals surface area contributed by atoms with Gasteiger partial charge in [0.05, 0.1) is 16.7 Å². The van der Waals surface area contributed by atoms with E-state index in [1.165, 1.54) is 23.1 Å². The normalized spacial score (nSPS) is 13.7. The summed E-state index contributed by atoms with van der Waals surface area (Å²) in [5, 5.41) is 2.85. The molecule has 0 bridgehead atoms. The summed E-state index contributed by atoms with van der Waals surface area (Å²) in [6.45, 7) is 7.25. The first-order valence-electron chi connectivity index (χ1n) is 10.9. The number of hydrogen-bond acceptors (Lipinski definition) is 5. The number of imide groups is 1. The number of hydrogen-bond donors (Lipinski definition) is 1. The van der Waals surface area contributed by atoms with Crippen molar-refractivity contribution in [2.45, 2.75) is 53.0 Å². The first-order chi connectivity index (χ1) is 15.3. The number of para-hydroxylation sites is 1. The molecule has 0 radical (unpaired) electrons. The zero-order valence-electron chi connectivity index (χ0n) is 18.9. The van der Waals surface area contributed by atoms with Gasteiger partial charge >= 0.3 is 5.97 Å². The third-order valence-electron chi connectivity index (χ3n) is 5.78. The Hall–Kier alpha value is -3.48. The summed E-state index contributed by atoms with van der Waals surface area (Å²) in [6, 6.07) is 9.88. The van der Waals surface area contributed by atoms with E-state index in [2.05, 4.69) is 5.32 Å². The zero-order valence-corrected chi connectivity index (χ0v) is 18.9. The maximum absolute atomic E-state index is 12.7. The first kappa shape index (κ1) is 23.2. The minimum absolute atomic E-state index is 0.118. The summed E-state index contributed by atoms with van der Waals surface area (Å²) in [5.74, 6) is -1.95. The molecule has 0 aliphatic carbocycles. The zero-order chi connectivity index (χ0) is 23.4. The molecule has 1 aliphatic heterocycles. The molecule has 0 aromatic heterocycles. The highest BCUT2D eigenvalue weighted by atomic mass is 16.5. The van der Waals surface area contributed by atoms with Gasteiger partial charge in [0.2, 0.25) is 0 Å². The van der Waals surface area contributed by atoms with Gasteiger partial charge in [-0.05, 0) is 55.5 Å². The van der Waals surface area contributed by atoms with Crippen molar-refractivity contribution in [3.63, 3.8) is 0 Å². The Morgan fingerprint density at radius 3 is 2.19 bits per heavy atom. The van der Waals surface area contributed by atoms with Crippen LogP contribution >= 0.6 is 0 Å². The van der Waals surface area contributed by atoms with Crippen LogP contribution in [-0.4, -0.2) is 41.2 Å². The lowest BCUT2D eigenvalue weighted by atomic mass is 10.0. The van der Waals surface area contributed by atoms with Crippen molar-refractivity contribution in [2.75, 3.05) is 11.9 Å². The number of nitrogens with one attached hydrogen (secondary N) is 1. The minimum Gasteiger partial charge on any atom is -0.452 e. The molecule has 3 rings (SSSR count). The molecular formula is C25H28N2O5. The van der Waals surface area contributed by atoms with Crippen LogP contribution in [0.1, 0.15) is 76.3 Å². The molecule has 32 heavy (non-hydrogen) atoms. The first-order valence-corrected chi connectivity index (χ1v) is 10.9. The van der Waals surface area contributed by atoms with Crippen molar-refractivity contribution in [1.82, 2.24) is 4.90 Å². The molecule has 168 valence electrons. The molecule has 3 amide bonds. The lowest BCUT2D eigenvalue weighted by molar-refractivity contribution is -0.119. The van der Waals surface area contributed by atoms with Gasteiger partial charge in [-0.3, -0.25) is 19.3 Å². The van der Waals surface area contributed by atoms with E-state index in [1.54, 1.807) is 6.92 Å². The summed E-state index contributed by atoms with van der Waals surface area (Å²) in [6.07, 6.45) is 2.16.